The monoisotopic (exact) mass is 432 g/mol. The van der Waals surface area contributed by atoms with Crippen LogP contribution in [0.2, 0.25) is 0 Å². The number of rotatable bonds is 9. The van der Waals surface area contributed by atoms with Gasteiger partial charge in [0.1, 0.15) is 6.04 Å². The van der Waals surface area contributed by atoms with Gasteiger partial charge in [-0.3, -0.25) is 0 Å². The molecule has 30 heavy (non-hydrogen) atoms. The van der Waals surface area contributed by atoms with Gasteiger partial charge in [-0.05, 0) is 38.0 Å². The number of hydrogen-bond donors (Lipinski definition) is 1. The normalized spacial score (nSPS) is 15.4. The number of methoxy groups -OCH3 is 2. The number of thioether (sulfide) groups is 1. The lowest BCUT2D eigenvalue weighted by Gasteiger charge is -2.28. The van der Waals surface area contributed by atoms with E-state index < -0.39 is 12.0 Å². The Morgan fingerprint density at radius 1 is 1.27 bits per heavy atom. The fourth-order valence-electron chi connectivity index (χ4n) is 3.31. The Labute approximate surface area is 181 Å². The second-order valence-electron chi connectivity index (χ2n) is 6.77. The molecular weight excluding hydrogens is 404 g/mol. The van der Waals surface area contributed by atoms with Crippen molar-refractivity contribution in [3.63, 3.8) is 0 Å². The van der Waals surface area contributed by atoms with Gasteiger partial charge in [0.2, 0.25) is 11.1 Å². The first-order valence-corrected chi connectivity index (χ1v) is 11.0. The molecule has 162 valence electrons. The fraction of sp³-hybridized carbons (Fsp3) is 0.476. The summed E-state index contributed by atoms with van der Waals surface area (Å²) in [6.45, 7) is 6.44. The van der Waals surface area contributed by atoms with E-state index in [0.717, 1.165) is 24.2 Å². The summed E-state index contributed by atoms with van der Waals surface area (Å²) in [4.78, 5) is 17.3. The van der Waals surface area contributed by atoms with Gasteiger partial charge in [-0.1, -0.05) is 31.2 Å². The van der Waals surface area contributed by atoms with E-state index >= 15 is 0 Å². The van der Waals surface area contributed by atoms with Crippen LogP contribution in [0.5, 0.6) is 11.5 Å². The molecule has 3 rings (SSSR count). The van der Waals surface area contributed by atoms with Crippen LogP contribution in [0.4, 0.5) is 5.95 Å². The second-order valence-corrected chi connectivity index (χ2v) is 7.83. The predicted octanol–water partition coefficient (Wildman–Crippen LogP) is 4.04. The SMILES string of the molecule is CCCCSc1nc2n(n1)C(c1ccc(OCC)c(OC)c1)C(C(=O)OC)=C(C)N2. The number of hydrogen-bond acceptors (Lipinski definition) is 8. The van der Waals surface area contributed by atoms with Crippen LogP contribution in [0.15, 0.2) is 34.6 Å². The van der Waals surface area contributed by atoms with Crippen molar-refractivity contribution in [1.82, 2.24) is 14.8 Å². The Morgan fingerprint density at radius 3 is 2.73 bits per heavy atom. The van der Waals surface area contributed by atoms with Crippen LogP contribution in [0.1, 0.15) is 45.2 Å². The number of carbonyl (C=O) groups excluding carboxylic acids is 1. The van der Waals surface area contributed by atoms with E-state index in [1.807, 2.05) is 32.0 Å². The summed E-state index contributed by atoms with van der Waals surface area (Å²) in [5.41, 5.74) is 1.99. The number of benzene rings is 1. The van der Waals surface area contributed by atoms with Gasteiger partial charge in [0.15, 0.2) is 11.5 Å². The average molecular weight is 433 g/mol. The molecule has 2 heterocycles. The van der Waals surface area contributed by atoms with Crippen LogP contribution in [0.25, 0.3) is 0 Å². The smallest absolute Gasteiger partial charge is 0.338 e. The van der Waals surface area contributed by atoms with E-state index in [0.29, 0.717) is 40.5 Å². The van der Waals surface area contributed by atoms with Crippen LogP contribution < -0.4 is 14.8 Å². The summed E-state index contributed by atoms with van der Waals surface area (Å²) in [6.07, 6.45) is 2.20. The molecule has 8 nitrogen and oxygen atoms in total. The van der Waals surface area contributed by atoms with Crippen molar-refractivity contribution in [3.8, 4) is 11.5 Å². The molecule has 0 radical (unpaired) electrons. The zero-order valence-electron chi connectivity index (χ0n) is 18.0. The van der Waals surface area contributed by atoms with Crippen molar-refractivity contribution >= 4 is 23.7 Å². The van der Waals surface area contributed by atoms with Gasteiger partial charge in [0.25, 0.3) is 0 Å². The van der Waals surface area contributed by atoms with Crippen molar-refractivity contribution in [2.45, 2.75) is 44.8 Å². The van der Waals surface area contributed by atoms with Gasteiger partial charge in [-0.15, -0.1) is 5.10 Å². The summed E-state index contributed by atoms with van der Waals surface area (Å²) in [5.74, 6) is 2.36. The lowest BCUT2D eigenvalue weighted by molar-refractivity contribution is -0.136. The van der Waals surface area contributed by atoms with E-state index in [1.54, 1.807) is 23.6 Å². The average Bonchev–Trinajstić information content (AvgIpc) is 3.15. The summed E-state index contributed by atoms with van der Waals surface area (Å²) in [6, 6.07) is 5.13. The molecule has 1 N–H and O–H groups in total. The molecule has 0 amide bonds. The number of aromatic nitrogens is 3. The molecule has 0 bridgehead atoms. The van der Waals surface area contributed by atoms with Crippen molar-refractivity contribution < 1.29 is 19.0 Å². The molecule has 0 fully saturated rings. The third-order valence-corrected chi connectivity index (χ3v) is 5.69. The molecular formula is C21H28N4O4S. The van der Waals surface area contributed by atoms with Crippen molar-refractivity contribution in [1.29, 1.82) is 0 Å². The van der Waals surface area contributed by atoms with E-state index in [4.69, 9.17) is 14.2 Å². The minimum Gasteiger partial charge on any atom is -0.493 e. The van der Waals surface area contributed by atoms with Gasteiger partial charge >= 0.3 is 5.97 Å². The number of ether oxygens (including phenoxy) is 3. The maximum absolute atomic E-state index is 12.7. The van der Waals surface area contributed by atoms with Crippen LogP contribution >= 0.6 is 11.8 Å². The number of nitrogens with zero attached hydrogens (tertiary/aromatic N) is 3. The lowest BCUT2D eigenvalue weighted by atomic mass is 9.95. The first-order valence-electron chi connectivity index (χ1n) is 10.00. The highest BCUT2D eigenvalue weighted by Crippen LogP contribution is 2.39. The molecule has 1 atom stereocenters. The molecule has 1 aliphatic heterocycles. The number of unbranched alkanes of at least 4 members (excludes halogenated alkanes) is 1. The van der Waals surface area contributed by atoms with E-state index in [1.165, 1.54) is 7.11 Å². The summed E-state index contributed by atoms with van der Waals surface area (Å²) >= 11 is 1.61. The van der Waals surface area contributed by atoms with Crippen molar-refractivity contribution in [2.24, 2.45) is 0 Å². The van der Waals surface area contributed by atoms with Crippen LogP contribution in [-0.2, 0) is 9.53 Å². The highest BCUT2D eigenvalue weighted by Gasteiger charge is 2.35. The van der Waals surface area contributed by atoms with Gasteiger partial charge in [-0.25, -0.2) is 9.48 Å². The number of carbonyl (C=O) groups is 1. The molecule has 2 aromatic rings. The Hall–Kier alpha value is -2.68. The Bertz CT molecular complexity index is 941. The zero-order chi connectivity index (χ0) is 21.7. The second kappa shape index (κ2) is 9.88. The van der Waals surface area contributed by atoms with Crippen LogP contribution in [-0.4, -0.2) is 47.3 Å². The molecule has 9 heteroatoms. The number of allylic oxidation sites excluding steroid dienone is 1. The highest BCUT2D eigenvalue weighted by molar-refractivity contribution is 7.99. The van der Waals surface area contributed by atoms with E-state index in [2.05, 4.69) is 22.3 Å². The molecule has 1 aliphatic rings. The fourth-order valence-corrected chi connectivity index (χ4v) is 4.22. The summed E-state index contributed by atoms with van der Waals surface area (Å²) < 4.78 is 18.0. The largest absolute Gasteiger partial charge is 0.493 e. The number of anilines is 1. The maximum atomic E-state index is 12.7. The molecule has 1 aromatic carbocycles. The first-order chi connectivity index (χ1) is 14.5. The topological polar surface area (TPSA) is 87.5 Å². The van der Waals surface area contributed by atoms with Gasteiger partial charge in [-0.2, -0.15) is 4.98 Å². The molecule has 0 aliphatic carbocycles. The predicted molar refractivity (Wildman–Crippen MR) is 116 cm³/mol. The minimum atomic E-state index is -0.494. The van der Waals surface area contributed by atoms with Crippen molar-refractivity contribution in [3.05, 3.63) is 35.0 Å². The highest BCUT2D eigenvalue weighted by atomic mass is 32.2. The van der Waals surface area contributed by atoms with Crippen molar-refractivity contribution in [2.75, 3.05) is 31.9 Å². The molecule has 1 aromatic heterocycles. The lowest BCUT2D eigenvalue weighted by Crippen LogP contribution is -2.29. The molecule has 0 saturated heterocycles. The third-order valence-electron chi connectivity index (χ3n) is 4.77. The molecule has 0 saturated carbocycles. The zero-order valence-corrected chi connectivity index (χ0v) is 18.8. The quantitative estimate of drug-likeness (QED) is 0.361. The van der Waals surface area contributed by atoms with Crippen LogP contribution in [0.3, 0.4) is 0 Å². The van der Waals surface area contributed by atoms with Gasteiger partial charge < -0.3 is 19.5 Å². The number of nitrogens with one attached hydrogen (secondary N) is 1. The Kier molecular flexibility index (Phi) is 7.25. The number of esters is 1. The minimum absolute atomic E-state index is 0.417. The van der Waals surface area contributed by atoms with Gasteiger partial charge in [0.05, 0.1) is 26.4 Å². The first kappa shape index (κ1) is 22.0. The molecule has 1 unspecified atom stereocenters. The van der Waals surface area contributed by atoms with E-state index in [9.17, 15) is 4.79 Å². The Morgan fingerprint density at radius 2 is 2.07 bits per heavy atom. The standard InChI is InChI=1S/C21H28N4O4S/c1-6-8-11-30-21-23-20-22-13(3)17(19(26)28-5)18(25(20)24-21)14-9-10-15(29-7-2)16(12-14)27-4/h9-10,12,18H,6-8,11H2,1-5H3,(H,22,23,24). The summed E-state index contributed by atoms with van der Waals surface area (Å²) in [7, 11) is 2.97. The van der Waals surface area contributed by atoms with Crippen LogP contribution in [0, 0.1) is 0 Å². The van der Waals surface area contributed by atoms with E-state index in [-0.39, 0.29) is 0 Å². The summed E-state index contributed by atoms with van der Waals surface area (Å²) in [5, 5.41) is 8.56. The Balaban J connectivity index is 2.08. The molecule has 0 spiro atoms. The number of fused-ring (bicyclic) bond motifs is 1. The third kappa shape index (κ3) is 4.40. The van der Waals surface area contributed by atoms with Gasteiger partial charge in [0, 0.05) is 11.4 Å². The maximum Gasteiger partial charge on any atom is 0.338 e.